The minimum atomic E-state index is -0.501. The number of ether oxygens (including phenoxy) is 1. The zero-order valence-electron chi connectivity index (χ0n) is 13.5. The third kappa shape index (κ3) is 5.93. The summed E-state index contributed by atoms with van der Waals surface area (Å²) in [6.07, 6.45) is 1.31. The molecule has 1 atom stereocenters. The molecule has 0 radical (unpaired) electrons. The molecule has 0 aromatic carbocycles. The fraction of sp³-hybridized carbons (Fsp3) is 0.529. The van der Waals surface area contributed by atoms with E-state index in [0.29, 0.717) is 19.7 Å². The van der Waals surface area contributed by atoms with Gasteiger partial charge in [-0.3, -0.25) is 4.90 Å². The van der Waals surface area contributed by atoms with Crippen LogP contribution in [0.15, 0.2) is 34.9 Å². The van der Waals surface area contributed by atoms with Gasteiger partial charge in [-0.15, -0.1) is 11.3 Å². The van der Waals surface area contributed by atoms with E-state index in [4.69, 9.17) is 9.15 Å². The zero-order valence-corrected chi connectivity index (χ0v) is 14.3. The number of nitrogens with zero attached hydrogens (tertiary/aromatic N) is 1. The van der Waals surface area contributed by atoms with Gasteiger partial charge in [0.25, 0.3) is 0 Å². The minimum Gasteiger partial charge on any atom is -0.468 e. The van der Waals surface area contributed by atoms with E-state index in [1.54, 1.807) is 17.6 Å². The molecule has 2 heterocycles. The number of hydrogen-bond acceptors (Lipinski definition) is 5. The smallest absolute Gasteiger partial charge is 0.117 e. The van der Waals surface area contributed by atoms with Gasteiger partial charge in [0, 0.05) is 22.8 Å². The van der Waals surface area contributed by atoms with Crippen LogP contribution in [0.25, 0.3) is 0 Å². The van der Waals surface area contributed by atoms with Crippen molar-refractivity contribution in [3.05, 3.63) is 46.0 Å². The van der Waals surface area contributed by atoms with Gasteiger partial charge in [-0.1, -0.05) is 0 Å². The molecule has 1 unspecified atom stereocenters. The number of aryl methyl sites for hydroxylation is 1. The van der Waals surface area contributed by atoms with E-state index < -0.39 is 6.10 Å². The fourth-order valence-electron chi connectivity index (χ4n) is 2.25. The van der Waals surface area contributed by atoms with Crippen LogP contribution in [0, 0.1) is 6.92 Å². The van der Waals surface area contributed by atoms with Crippen molar-refractivity contribution in [2.45, 2.75) is 46.1 Å². The topological polar surface area (TPSA) is 45.8 Å². The predicted octanol–water partition coefficient (Wildman–Crippen LogP) is 3.44. The first-order chi connectivity index (χ1) is 10.5. The van der Waals surface area contributed by atoms with Gasteiger partial charge in [-0.05, 0) is 45.0 Å². The maximum atomic E-state index is 10.2. The summed E-state index contributed by atoms with van der Waals surface area (Å²) in [6.45, 7) is 8.46. The molecular formula is C17H25NO3S. The Morgan fingerprint density at radius 2 is 2.09 bits per heavy atom. The molecule has 1 N–H and O–H groups in total. The largest absolute Gasteiger partial charge is 0.468 e. The van der Waals surface area contributed by atoms with Gasteiger partial charge >= 0.3 is 0 Å². The highest BCUT2D eigenvalue weighted by Gasteiger charge is 2.15. The maximum Gasteiger partial charge on any atom is 0.117 e. The van der Waals surface area contributed by atoms with Crippen LogP contribution in [0.3, 0.4) is 0 Å². The summed E-state index contributed by atoms with van der Waals surface area (Å²) in [4.78, 5) is 4.79. The van der Waals surface area contributed by atoms with Gasteiger partial charge in [0.05, 0.1) is 31.6 Å². The minimum absolute atomic E-state index is 0.133. The molecule has 0 bridgehead atoms. The summed E-state index contributed by atoms with van der Waals surface area (Å²) in [5.74, 6) is 0.908. The Kier molecular flexibility index (Phi) is 6.64. The Balaban J connectivity index is 1.94. The van der Waals surface area contributed by atoms with Crippen molar-refractivity contribution in [2.75, 3.05) is 13.2 Å². The van der Waals surface area contributed by atoms with Crippen molar-refractivity contribution >= 4 is 11.3 Å². The predicted molar refractivity (Wildman–Crippen MR) is 89.0 cm³/mol. The first kappa shape index (κ1) is 17.2. The molecule has 4 nitrogen and oxygen atoms in total. The number of hydrogen-bond donors (Lipinski definition) is 1. The number of aliphatic hydroxyl groups is 1. The van der Waals surface area contributed by atoms with E-state index in [9.17, 15) is 5.11 Å². The van der Waals surface area contributed by atoms with Crippen molar-refractivity contribution in [1.82, 2.24) is 4.90 Å². The Bertz CT molecular complexity index is 536. The normalized spacial score (nSPS) is 13.2. The molecular weight excluding hydrogens is 298 g/mol. The molecule has 2 rings (SSSR count). The van der Waals surface area contributed by atoms with Crippen molar-refractivity contribution in [2.24, 2.45) is 0 Å². The van der Waals surface area contributed by atoms with Crippen LogP contribution in [-0.4, -0.2) is 35.4 Å². The summed E-state index contributed by atoms with van der Waals surface area (Å²) in [5, 5.41) is 10.2. The summed E-state index contributed by atoms with van der Waals surface area (Å²) in [7, 11) is 0. The van der Waals surface area contributed by atoms with Crippen LogP contribution >= 0.6 is 11.3 Å². The second kappa shape index (κ2) is 8.48. The van der Waals surface area contributed by atoms with E-state index in [0.717, 1.165) is 12.3 Å². The van der Waals surface area contributed by atoms with Gasteiger partial charge in [-0.2, -0.15) is 0 Å². The molecule has 0 fully saturated rings. The third-order valence-corrected chi connectivity index (χ3v) is 4.21. The molecule has 2 aromatic rings. The number of aliphatic hydroxyl groups excluding tert-OH is 1. The van der Waals surface area contributed by atoms with Crippen LogP contribution in [0.5, 0.6) is 0 Å². The van der Waals surface area contributed by atoms with Crippen LogP contribution in [0.4, 0.5) is 0 Å². The van der Waals surface area contributed by atoms with E-state index in [1.807, 2.05) is 26.0 Å². The molecule has 0 saturated carbocycles. The van der Waals surface area contributed by atoms with Crippen molar-refractivity contribution < 1.29 is 14.3 Å². The summed E-state index contributed by atoms with van der Waals surface area (Å²) < 4.78 is 10.9. The van der Waals surface area contributed by atoms with E-state index in [2.05, 4.69) is 24.0 Å². The molecule has 0 aliphatic carbocycles. The average molecular weight is 323 g/mol. The van der Waals surface area contributed by atoms with Crippen LogP contribution in [0.2, 0.25) is 0 Å². The fourth-order valence-corrected chi connectivity index (χ4v) is 3.19. The highest BCUT2D eigenvalue weighted by Crippen LogP contribution is 2.19. The average Bonchev–Trinajstić information content (AvgIpc) is 3.08. The van der Waals surface area contributed by atoms with Gasteiger partial charge in [0.2, 0.25) is 0 Å². The molecule has 122 valence electrons. The monoisotopic (exact) mass is 323 g/mol. The van der Waals surface area contributed by atoms with Crippen molar-refractivity contribution in [3.63, 3.8) is 0 Å². The molecule has 0 aliphatic heterocycles. The van der Waals surface area contributed by atoms with Gasteiger partial charge in [0.15, 0.2) is 0 Å². The highest BCUT2D eigenvalue weighted by molar-refractivity contribution is 7.11. The van der Waals surface area contributed by atoms with E-state index in [-0.39, 0.29) is 6.10 Å². The SMILES string of the molecule is Cc1ccc(CN(Cc2ccco2)CC(O)COC(C)C)s1. The van der Waals surface area contributed by atoms with Crippen LogP contribution < -0.4 is 0 Å². The number of furan rings is 1. The second-order valence-corrected chi connectivity index (χ2v) is 7.17. The maximum absolute atomic E-state index is 10.2. The standard InChI is InChI=1S/C17H25NO3S/c1-13(2)21-12-15(19)9-18(10-16-5-4-8-20-16)11-17-7-6-14(3)22-17/h4-8,13,15,19H,9-12H2,1-3H3. The van der Waals surface area contributed by atoms with E-state index in [1.165, 1.54) is 9.75 Å². The second-order valence-electron chi connectivity index (χ2n) is 5.80. The Morgan fingerprint density at radius 1 is 1.27 bits per heavy atom. The first-order valence-corrected chi connectivity index (χ1v) is 8.44. The Morgan fingerprint density at radius 3 is 2.68 bits per heavy atom. The van der Waals surface area contributed by atoms with E-state index >= 15 is 0 Å². The molecule has 22 heavy (non-hydrogen) atoms. The molecule has 5 heteroatoms. The summed E-state index contributed by atoms with van der Waals surface area (Å²) in [5.41, 5.74) is 0. The lowest BCUT2D eigenvalue weighted by atomic mass is 10.3. The van der Waals surface area contributed by atoms with Crippen LogP contribution in [0.1, 0.15) is 29.4 Å². The number of rotatable bonds is 9. The lowest BCUT2D eigenvalue weighted by Crippen LogP contribution is -2.34. The highest BCUT2D eigenvalue weighted by atomic mass is 32.1. The summed E-state index contributed by atoms with van der Waals surface area (Å²) >= 11 is 1.79. The van der Waals surface area contributed by atoms with Crippen molar-refractivity contribution in [1.29, 1.82) is 0 Å². The Labute approximate surface area is 136 Å². The van der Waals surface area contributed by atoms with Gasteiger partial charge in [0.1, 0.15) is 5.76 Å². The zero-order chi connectivity index (χ0) is 15.9. The molecule has 0 aliphatic rings. The molecule has 2 aromatic heterocycles. The van der Waals surface area contributed by atoms with Gasteiger partial charge in [-0.25, -0.2) is 0 Å². The van der Waals surface area contributed by atoms with Crippen molar-refractivity contribution in [3.8, 4) is 0 Å². The third-order valence-electron chi connectivity index (χ3n) is 3.23. The quantitative estimate of drug-likeness (QED) is 0.768. The number of thiophene rings is 1. The molecule has 0 amide bonds. The molecule has 0 saturated heterocycles. The Hall–Kier alpha value is -1.14. The molecule has 0 spiro atoms. The lowest BCUT2D eigenvalue weighted by Gasteiger charge is -2.24. The first-order valence-electron chi connectivity index (χ1n) is 7.62. The lowest BCUT2D eigenvalue weighted by molar-refractivity contribution is -0.0112. The van der Waals surface area contributed by atoms with Gasteiger partial charge < -0.3 is 14.3 Å². The summed E-state index contributed by atoms with van der Waals surface area (Å²) in [6, 6.07) is 8.13. The van der Waals surface area contributed by atoms with Crippen LogP contribution in [-0.2, 0) is 17.8 Å².